The fourth-order valence-corrected chi connectivity index (χ4v) is 3.58. The molecule has 0 radical (unpaired) electrons. The van der Waals surface area contributed by atoms with Crippen molar-refractivity contribution in [2.45, 2.75) is 6.54 Å². The van der Waals surface area contributed by atoms with Crippen molar-refractivity contribution in [1.29, 1.82) is 0 Å². The molecule has 3 rings (SSSR count). The number of aromatic nitrogens is 2. The van der Waals surface area contributed by atoms with Gasteiger partial charge in [-0.2, -0.15) is 5.10 Å². The largest absolute Gasteiger partial charge is 0.335 e. The van der Waals surface area contributed by atoms with Crippen molar-refractivity contribution >= 4 is 40.1 Å². The molecule has 0 aliphatic carbocycles. The van der Waals surface area contributed by atoms with Crippen molar-refractivity contribution in [3.05, 3.63) is 50.3 Å². The first kappa shape index (κ1) is 16.7. The Morgan fingerprint density at radius 2 is 1.87 bits per heavy atom. The Balaban J connectivity index is 1.57. The predicted octanol–water partition coefficient (Wildman–Crippen LogP) is 2.64. The van der Waals surface area contributed by atoms with Crippen molar-refractivity contribution < 1.29 is 4.79 Å². The first-order valence-electron chi connectivity index (χ1n) is 7.48. The van der Waals surface area contributed by atoms with Crippen LogP contribution in [0.15, 0.2) is 30.5 Å². The van der Waals surface area contributed by atoms with Crippen LogP contribution in [0.1, 0.15) is 16.1 Å². The zero-order valence-electron chi connectivity index (χ0n) is 12.9. The highest BCUT2D eigenvalue weighted by molar-refractivity contribution is 14.1. The maximum absolute atomic E-state index is 12.5. The van der Waals surface area contributed by atoms with E-state index in [2.05, 4.69) is 44.7 Å². The normalized spacial score (nSPS) is 15.9. The number of carbonyl (C=O) groups excluding carboxylic acids is 1. The van der Waals surface area contributed by atoms with Crippen molar-refractivity contribution in [3.8, 4) is 0 Å². The second-order valence-corrected chi connectivity index (χ2v) is 7.29. The van der Waals surface area contributed by atoms with Gasteiger partial charge in [0.05, 0.1) is 3.57 Å². The molecule has 1 fully saturated rings. The van der Waals surface area contributed by atoms with E-state index in [4.69, 9.17) is 11.6 Å². The average molecular weight is 445 g/mol. The molecule has 122 valence electrons. The summed E-state index contributed by atoms with van der Waals surface area (Å²) in [5.74, 6) is 0.0288. The lowest BCUT2D eigenvalue weighted by molar-refractivity contribution is 0.0621. The summed E-state index contributed by atoms with van der Waals surface area (Å²) in [5.41, 5.74) is 1.80. The molecule has 7 heteroatoms. The van der Waals surface area contributed by atoms with E-state index in [-0.39, 0.29) is 5.91 Å². The van der Waals surface area contributed by atoms with Gasteiger partial charge in [0, 0.05) is 51.0 Å². The lowest BCUT2D eigenvalue weighted by Gasteiger charge is -2.34. The molecule has 0 atom stereocenters. The second kappa shape index (κ2) is 7.19. The van der Waals surface area contributed by atoms with E-state index in [1.165, 1.54) is 5.56 Å². The van der Waals surface area contributed by atoms with E-state index >= 15 is 0 Å². The second-order valence-electron chi connectivity index (χ2n) is 5.69. The van der Waals surface area contributed by atoms with E-state index < -0.39 is 0 Å². The molecule has 1 aromatic heterocycles. The number of halogens is 2. The highest BCUT2D eigenvalue weighted by Gasteiger charge is 2.25. The Bertz CT molecular complexity index is 693. The SMILES string of the molecule is Cn1cc(I)c(C(=O)N2CCN(Cc3ccc(Cl)cc3)CC2)n1. The van der Waals surface area contributed by atoms with Gasteiger partial charge in [0.1, 0.15) is 0 Å². The van der Waals surface area contributed by atoms with Crippen LogP contribution in [0.5, 0.6) is 0 Å². The summed E-state index contributed by atoms with van der Waals surface area (Å²) in [5, 5.41) is 5.03. The third kappa shape index (κ3) is 4.05. The molecule has 0 bridgehead atoms. The molecule has 0 saturated carbocycles. The van der Waals surface area contributed by atoms with Gasteiger partial charge in [-0.15, -0.1) is 0 Å². The molecule has 0 N–H and O–H groups in total. The Morgan fingerprint density at radius 3 is 2.43 bits per heavy atom. The van der Waals surface area contributed by atoms with Gasteiger partial charge in [-0.25, -0.2) is 0 Å². The molecule has 0 unspecified atom stereocenters. The maximum Gasteiger partial charge on any atom is 0.275 e. The van der Waals surface area contributed by atoms with Gasteiger partial charge in [0.25, 0.3) is 5.91 Å². The van der Waals surface area contributed by atoms with E-state index in [9.17, 15) is 4.79 Å². The smallest absolute Gasteiger partial charge is 0.275 e. The van der Waals surface area contributed by atoms with Crippen LogP contribution in [0.3, 0.4) is 0 Å². The van der Waals surface area contributed by atoms with Crippen LogP contribution in [0.4, 0.5) is 0 Å². The lowest BCUT2D eigenvalue weighted by Crippen LogP contribution is -2.48. The topological polar surface area (TPSA) is 41.4 Å². The Kier molecular flexibility index (Phi) is 5.23. The summed E-state index contributed by atoms with van der Waals surface area (Å²) in [7, 11) is 1.84. The molecule has 1 aliphatic rings. The maximum atomic E-state index is 12.5. The molecule has 1 aromatic carbocycles. The fraction of sp³-hybridized carbons (Fsp3) is 0.375. The van der Waals surface area contributed by atoms with E-state index in [0.717, 1.165) is 41.3 Å². The monoisotopic (exact) mass is 444 g/mol. The molecule has 1 aliphatic heterocycles. The summed E-state index contributed by atoms with van der Waals surface area (Å²) in [4.78, 5) is 16.8. The Hall–Kier alpha value is -1.12. The minimum absolute atomic E-state index is 0.0288. The van der Waals surface area contributed by atoms with Gasteiger partial charge in [-0.3, -0.25) is 14.4 Å². The molecule has 1 amide bonds. The predicted molar refractivity (Wildman–Crippen MR) is 98.6 cm³/mol. The molecule has 1 saturated heterocycles. The van der Waals surface area contributed by atoms with Crippen LogP contribution in [-0.2, 0) is 13.6 Å². The lowest BCUT2D eigenvalue weighted by atomic mass is 10.2. The highest BCUT2D eigenvalue weighted by Crippen LogP contribution is 2.16. The Labute approximate surface area is 154 Å². The summed E-state index contributed by atoms with van der Waals surface area (Å²) < 4.78 is 2.59. The zero-order chi connectivity index (χ0) is 16.4. The minimum atomic E-state index is 0.0288. The highest BCUT2D eigenvalue weighted by atomic mass is 127. The first-order chi connectivity index (χ1) is 11.0. The van der Waals surface area contributed by atoms with Crippen LogP contribution in [0.25, 0.3) is 0 Å². The van der Waals surface area contributed by atoms with Gasteiger partial charge in [-0.05, 0) is 40.3 Å². The van der Waals surface area contributed by atoms with Gasteiger partial charge in [0.2, 0.25) is 0 Å². The van der Waals surface area contributed by atoms with Crippen molar-refractivity contribution in [1.82, 2.24) is 19.6 Å². The summed E-state index contributed by atoms with van der Waals surface area (Å²) >= 11 is 8.08. The number of benzene rings is 1. The molecule has 5 nitrogen and oxygen atoms in total. The standard InChI is InChI=1S/C16H18ClIN4O/c1-20-11-14(18)15(19-20)16(23)22-8-6-21(7-9-22)10-12-2-4-13(17)5-3-12/h2-5,11H,6-10H2,1H3. The number of rotatable bonds is 3. The van der Waals surface area contributed by atoms with Crippen molar-refractivity contribution in [2.24, 2.45) is 7.05 Å². The molecular formula is C16H18ClIN4O. The van der Waals surface area contributed by atoms with Gasteiger partial charge in [-0.1, -0.05) is 23.7 Å². The van der Waals surface area contributed by atoms with Crippen LogP contribution >= 0.6 is 34.2 Å². The van der Waals surface area contributed by atoms with Crippen molar-refractivity contribution in [3.63, 3.8) is 0 Å². The molecule has 2 heterocycles. The minimum Gasteiger partial charge on any atom is -0.335 e. The zero-order valence-corrected chi connectivity index (χ0v) is 15.8. The van der Waals surface area contributed by atoms with Crippen LogP contribution < -0.4 is 0 Å². The summed E-state index contributed by atoms with van der Waals surface area (Å²) in [6.45, 7) is 4.11. The number of aryl methyl sites for hydroxylation is 1. The van der Waals surface area contributed by atoms with Crippen LogP contribution in [0, 0.1) is 3.57 Å². The number of carbonyl (C=O) groups is 1. The number of hydrogen-bond acceptors (Lipinski definition) is 3. The third-order valence-corrected chi connectivity index (χ3v) is 5.01. The van der Waals surface area contributed by atoms with E-state index in [1.54, 1.807) is 4.68 Å². The first-order valence-corrected chi connectivity index (χ1v) is 8.94. The number of nitrogens with zero attached hydrogens (tertiary/aromatic N) is 4. The van der Waals surface area contributed by atoms with Crippen molar-refractivity contribution in [2.75, 3.05) is 26.2 Å². The van der Waals surface area contributed by atoms with Gasteiger partial charge in [0.15, 0.2) is 5.69 Å². The molecule has 0 spiro atoms. The summed E-state index contributed by atoms with van der Waals surface area (Å²) in [6, 6.07) is 7.94. The number of amides is 1. The summed E-state index contributed by atoms with van der Waals surface area (Å²) in [6.07, 6.45) is 1.87. The Morgan fingerprint density at radius 1 is 1.22 bits per heavy atom. The number of hydrogen-bond donors (Lipinski definition) is 0. The van der Waals surface area contributed by atoms with E-state index in [0.29, 0.717) is 5.69 Å². The van der Waals surface area contributed by atoms with Gasteiger partial charge >= 0.3 is 0 Å². The van der Waals surface area contributed by atoms with Crippen LogP contribution in [0.2, 0.25) is 5.02 Å². The van der Waals surface area contributed by atoms with Crippen LogP contribution in [-0.4, -0.2) is 51.7 Å². The molecule has 23 heavy (non-hydrogen) atoms. The fourth-order valence-electron chi connectivity index (χ4n) is 2.71. The third-order valence-electron chi connectivity index (χ3n) is 3.97. The van der Waals surface area contributed by atoms with Gasteiger partial charge < -0.3 is 4.90 Å². The van der Waals surface area contributed by atoms with E-state index in [1.807, 2.05) is 30.3 Å². The number of piperazine rings is 1. The average Bonchev–Trinajstić information content (AvgIpc) is 2.88. The molecular weight excluding hydrogens is 427 g/mol. The quantitative estimate of drug-likeness (QED) is 0.684. The molecule has 2 aromatic rings.